The molecule has 0 radical (unpaired) electrons. The average Bonchev–Trinajstić information content (AvgIpc) is 2.60. The first-order valence-corrected chi connectivity index (χ1v) is 14.2. The molecule has 1 aromatic heterocycles. The van der Waals surface area contributed by atoms with Crippen LogP contribution in [-0.2, 0) is 6.42 Å². The number of nitrogens with zero attached hydrogens (tertiary/aromatic N) is 1. The van der Waals surface area contributed by atoms with Crippen molar-refractivity contribution < 1.29 is 0 Å². The van der Waals surface area contributed by atoms with E-state index in [4.69, 9.17) is 4.98 Å². The highest BCUT2D eigenvalue weighted by molar-refractivity contribution is 6.89. The predicted octanol–water partition coefficient (Wildman–Crippen LogP) is 6.93. The molecule has 27 heavy (non-hydrogen) atoms. The molecule has 0 N–H and O–H groups in total. The molecule has 1 saturated carbocycles. The van der Waals surface area contributed by atoms with E-state index in [0.717, 1.165) is 18.0 Å². The number of aromatic nitrogens is 1. The lowest BCUT2D eigenvalue weighted by atomic mass is 9.83. The van der Waals surface area contributed by atoms with Crippen LogP contribution in [0.25, 0.3) is 11.3 Å². The molecule has 1 nitrogen and oxygen atoms in total. The molecule has 3 rings (SSSR count). The Kier molecular flexibility index (Phi) is 5.95. The third-order valence-electron chi connectivity index (χ3n) is 5.78. The quantitative estimate of drug-likeness (QED) is 0.525. The number of benzene rings is 1. The van der Waals surface area contributed by atoms with Crippen molar-refractivity contribution in [2.75, 3.05) is 0 Å². The van der Waals surface area contributed by atoms with E-state index in [0.29, 0.717) is 0 Å². The van der Waals surface area contributed by atoms with E-state index in [1.54, 1.807) is 0 Å². The standard InChI is InChI=1S/C25H37NSi/c1-25(2,3)17-22-16-23(26-18-24(22)27(4,5)6)21-14-10-13-20(15-21)19-11-8-7-9-12-19/h10,13-16,18-19H,7-9,11-12,17H2,1-6H3. The largest absolute Gasteiger partial charge is 0.256 e. The molecule has 0 saturated heterocycles. The van der Waals surface area contributed by atoms with Gasteiger partial charge in [-0.15, -0.1) is 0 Å². The second-order valence-electron chi connectivity index (χ2n) is 10.7. The topological polar surface area (TPSA) is 12.9 Å². The lowest BCUT2D eigenvalue weighted by molar-refractivity contribution is 0.412. The van der Waals surface area contributed by atoms with Gasteiger partial charge in [-0.3, -0.25) is 4.98 Å². The highest BCUT2D eigenvalue weighted by Gasteiger charge is 2.24. The Morgan fingerprint density at radius 3 is 2.33 bits per heavy atom. The summed E-state index contributed by atoms with van der Waals surface area (Å²) in [5.41, 5.74) is 5.75. The van der Waals surface area contributed by atoms with Crippen molar-refractivity contribution in [2.24, 2.45) is 5.41 Å². The average molecular weight is 380 g/mol. The zero-order valence-corrected chi connectivity index (χ0v) is 19.2. The van der Waals surface area contributed by atoms with Gasteiger partial charge >= 0.3 is 0 Å². The molecule has 0 amide bonds. The highest BCUT2D eigenvalue weighted by Crippen LogP contribution is 2.34. The van der Waals surface area contributed by atoms with Crippen LogP contribution in [0.4, 0.5) is 0 Å². The van der Waals surface area contributed by atoms with Crippen LogP contribution in [-0.4, -0.2) is 13.1 Å². The Morgan fingerprint density at radius 2 is 1.70 bits per heavy atom. The summed E-state index contributed by atoms with van der Waals surface area (Å²) in [4.78, 5) is 4.93. The zero-order chi connectivity index (χ0) is 19.7. The van der Waals surface area contributed by atoms with Gasteiger partial charge in [-0.25, -0.2) is 0 Å². The van der Waals surface area contributed by atoms with E-state index < -0.39 is 8.07 Å². The molecule has 2 heteroatoms. The summed E-state index contributed by atoms with van der Waals surface area (Å²) < 4.78 is 0. The minimum Gasteiger partial charge on any atom is -0.256 e. The van der Waals surface area contributed by atoms with Crippen LogP contribution in [0.5, 0.6) is 0 Å². The lowest BCUT2D eigenvalue weighted by Gasteiger charge is -2.26. The first kappa shape index (κ1) is 20.3. The van der Waals surface area contributed by atoms with E-state index in [1.165, 1.54) is 54.0 Å². The van der Waals surface area contributed by atoms with Crippen LogP contribution in [0.2, 0.25) is 19.6 Å². The van der Waals surface area contributed by atoms with Gasteiger partial charge in [0.25, 0.3) is 0 Å². The fraction of sp³-hybridized carbons (Fsp3) is 0.560. The molecule has 0 aliphatic heterocycles. The van der Waals surface area contributed by atoms with Crippen molar-refractivity contribution in [3.63, 3.8) is 0 Å². The molecule has 1 aliphatic carbocycles. The second-order valence-corrected chi connectivity index (χ2v) is 15.7. The van der Waals surface area contributed by atoms with Crippen LogP contribution in [0.3, 0.4) is 0 Å². The summed E-state index contributed by atoms with van der Waals surface area (Å²) in [6.07, 6.45) is 10.2. The number of hydrogen-bond acceptors (Lipinski definition) is 1. The normalized spacial score (nSPS) is 16.5. The number of pyridine rings is 1. The smallest absolute Gasteiger partial charge is 0.0799 e. The molecule has 2 aromatic rings. The second kappa shape index (κ2) is 7.91. The summed E-state index contributed by atoms with van der Waals surface area (Å²) in [6.45, 7) is 14.3. The van der Waals surface area contributed by atoms with Crippen molar-refractivity contribution >= 4 is 13.3 Å². The molecule has 0 spiro atoms. The Morgan fingerprint density at radius 1 is 1.00 bits per heavy atom. The van der Waals surface area contributed by atoms with Gasteiger partial charge in [-0.1, -0.05) is 77.9 Å². The van der Waals surface area contributed by atoms with Crippen molar-refractivity contribution in [2.45, 2.75) is 84.9 Å². The van der Waals surface area contributed by atoms with Gasteiger partial charge in [0.1, 0.15) is 0 Å². The van der Waals surface area contributed by atoms with Crippen molar-refractivity contribution in [3.05, 3.63) is 47.7 Å². The Hall–Kier alpha value is -1.41. The Labute approximate surface area is 167 Å². The molecule has 0 bridgehead atoms. The molecule has 0 atom stereocenters. The molecular formula is C25H37NSi. The molecular weight excluding hydrogens is 342 g/mol. The van der Waals surface area contributed by atoms with Crippen molar-refractivity contribution in [3.8, 4) is 11.3 Å². The summed E-state index contributed by atoms with van der Waals surface area (Å²) >= 11 is 0. The van der Waals surface area contributed by atoms with Gasteiger partial charge in [-0.05, 0) is 59.0 Å². The van der Waals surface area contributed by atoms with Crippen LogP contribution in [0.15, 0.2) is 36.5 Å². The van der Waals surface area contributed by atoms with Crippen LogP contribution < -0.4 is 5.19 Å². The monoisotopic (exact) mass is 379 g/mol. The van der Waals surface area contributed by atoms with Crippen LogP contribution >= 0.6 is 0 Å². The molecule has 1 heterocycles. The number of hydrogen-bond donors (Lipinski definition) is 0. The minimum absolute atomic E-state index is 0.289. The maximum Gasteiger partial charge on any atom is 0.0799 e. The first-order chi connectivity index (χ1) is 12.6. The molecule has 1 fully saturated rings. The minimum atomic E-state index is -1.40. The molecule has 1 aliphatic rings. The third kappa shape index (κ3) is 5.31. The van der Waals surface area contributed by atoms with E-state index in [9.17, 15) is 0 Å². The first-order valence-electron chi connectivity index (χ1n) is 10.7. The summed E-state index contributed by atoms with van der Waals surface area (Å²) in [5, 5.41) is 1.52. The van der Waals surface area contributed by atoms with Gasteiger partial charge in [0.05, 0.1) is 13.8 Å². The van der Waals surface area contributed by atoms with Gasteiger partial charge in [-0.2, -0.15) is 0 Å². The maximum atomic E-state index is 4.93. The van der Waals surface area contributed by atoms with Gasteiger partial charge in [0.2, 0.25) is 0 Å². The lowest BCUT2D eigenvalue weighted by Crippen LogP contribution is -2.41. The summed E-state index contributed by atoms with van der Waals surface area (Å²) in [6, 6.07) is 11.6. The fourth-order valence-corrected chi connectivity index (χ4v) is 6.01. The highest BCUT2D eigenvalue weighted by atomic mass is 28.3. The van der Waals surface area contributed by atoms with E-state index in [2.05, 4.69) is 76.9 Å². The van der Waals surface area contributed by atoms with E-state index in [-0.39, 0.29) is 5.41 Å². The predicted molar refractivity (Wildman–Crippen MR) is 122 cm³/mol. The van der Waals surface area contributed by atoms with Gasteiger partial charge < -0.3 is 0 Å². The van der Waals surface area contributed by atoms with Crippen LogP contribution in [0, 0.1) is 5.41 Å². The van der Waals surface area contributed by atoms with E-state index >= 15 is 0 Å². The van der Waals surface area contributed by atoms with Gasteiger partial charge in [0.15, 0.2) is 0 Å². The fourth-order valence-electron chi connectivity index (χ4n) is 4.44. The summed E-state index contributed by atoms with van der Waals surface area (Å²) in [7, 11) is -1.40. The SMILES string of the molecule is CC(C)(C)Cc1cc(-c2cccc(C3CCCCC3)c2)ncc1[Si](C)(C)C. The van der Waals surface area contributed by atoms with Crippen molar-refractivity contribution in [1.82, 2.24) is 4.98 Å². The molecule has 0 unspecified atom stereocenters. The van der Waals surface area contributed by atoms with E-state index in [1.807, 2.05) is 0 Å². The zero-order valence-electron chi connectivity index (χ0n) is 18.2. The Bertz CT molecular complexity index is 774. The van der Waals surface area contributed by atoms with Crippen LogP contribution in [0.1, 0.15) is 69.9 Å². The Balaban J connectivity index is 1.98. The number of rotatable bonds is 4. The summed E-state index contributed by atoms with van der Waals surface area (Å²) in [5.74, 6) is 0.744. The maximum absolute atomic E-state index is 4.93. The molecule has 146 valence electrons. The van der Waals surface area contributed by atoms with Crippen molar-refractivity contribution in [1.29, 1.82) is 0 Å². The molecule has 1 aromatic carbocycles. The van der Waals surface area contributed by atoms with Gasteiger partial charge in [0, 0.05) is 11.8 Å². The third-order valence-corrected chi connectivity index (χ3v) is 7.84.